The van der Waals surface area contributed by atoms with Crippen molar-refractivity contribution in [2.75, 3.05) is 186 Å². The molecule has 506 valence electrons. The van der Waals surface area contributed by atoms with Gasteiger partial charge in [-0.1, -0.05) is 70.7 Å². The SMILES string of the molecule is CN1Cc2c(Cl)cc(Cl)cc2[C@H](c2cccc(S(=O)(=O)N(C)CCOCCOCCNC(=O)NCCCN(CCCNC(=O)NCCOCCOCCN(C)S(=O)(=O)c3cccc([C@@H]4CN(C)Cc5c(Cl)cc(Cl)cc54)c3)C(=O)NCCOCCOCCN)c2)C1. The number of sulfonamides is 2. The molecule has 0 saturated heterocycles. The summed E-state index contributed by atoms with van der Waals surface area (Å²) in [6.45, 7) is 8.33. The highest BCUT2D eigenvalue weighted by Crippen LogP contribution is 2.41. The second kappa shape index (κ2) is 39.2. The van der Waals surface area contributed by atoms with Crippen molar-refractivity contribution in [3.63, 3.8) is 0 Å². The number of hydrogen-bond acceptors (Lipinski definition) is 16. The Morgan fingerprint density at radius 1 is 0.505 bits per heavy atom. The van der Waals surface area contributed by atoms with Crippen LogP contribution in [0.4, 0.5) is 14.4 Å². The van der Waals surface area contributed by atoms with E-state index in [1.54, 1.807) is 53.4 Å². The normalized spacial score (nSPS) is 15.3. The van der Waals surface area contributed by atoms with Gasteiger partial charge in [0.25, 0.3) is 0 Å². The molecular formula is C61H89Cl4N11O13S2. The number of nitrogens with two attached hydrogens (primary N) is 1. The average molecular weight is 1390 g/mol. The van der Waals surface area contributed by atoms with Crippen LogP contribution in [0, 0.1) is 0 Å². The first-order chi connectivity index (χ1) is 43.7. The van der Waals surface area contributed by atoms with E-state index in [2.05, 4.69) is 36.4 Å². The van der Waals surface area contributed by atoms with Gasteiger partial charge in [0.1, 0.15) is 0 Å². The lowest BCUT2D eigenvalue weighted by molar-refractivity contribution is 0.0471. The summed E-state index contributed by atoms with van der Waals surface area (Å²) < 4.78 is 90.3. The molecule has 0 aromatic heterocycles. The van der Waals surface area contributed by atoms with Crippen molar-refractivity contribution >= 4 is 84.5 Å². The van der Waals surface area contributed by atoms with Crippen molar-refractivity contribution in [3.8, 4) is 0 Å². The van der Waals surface area contributed by atoms with Crippen molar-refractivity contribution in [1.82, 2.24) is 49.9 Å². The van der Waals surface area contributed by atoms with E-state index in [1.807, 2.05) is 38.4 Å². The maximum atomic E-state index is 13.6. The lowest BCUT2D eigenvalue weighted by atomic mass is 9.85. The lowest BCUT2D eigenvalue weighted by Gasteiger charge is -2.33. The summed E-state index contributed by atoms with van der Waals surface area (Å²) in [4.78, 5) is 44.6. The number of nitrogens with zero attached hydrogens (tertiary/aromatic N) is 5. The van der Waals surface area contributed by atoms with Gasteiger partial charge in [0, 0.05) is 138 Å². The molecule has 0 radical (unpaired) electrons. The molecule has 2 atom stereocenters. The number of fused-ring (bicyclic) bond motifs is 2. The van der Waals surface area contributed by atoms with Gasteiger partial charge < -0.3 is 75.4 Å². The van der Waals surface area contributed by atoms with Gasteiger partial charge in [-0.25, -0.2) is 31.2 Å². The fourth-order valence-electron chi connectivity index (χ4n) is 10.3. The minimum atomic E-state index is -3.83. The molecule has 6 rings (SSSR count). The molecule has 0 unspecified atom stereocenters. The molecule has 6 amide bonds. The molecule has 4 aromatic rings. The first-order valence-electron chi connectivity index (χ1n) is 30.4. The van der Waals surface area contributed by atoms with E-state index in [-0.39, 0.29) is 133 Å². The van der Waals surface area contributed by atoms with Crippen LogP contribution >= 0.6 is 46.4 Å². The monoisotopic (exact) mass is 1390 g/mol. The molecule has 7 N–H and O–H groups in total. The van der Waals surface area contributed by atoms with Crippen LogP contribution in [0.3, 0.4) is 0 Å². The third-order valence-corrected chi connectivity index (χ3v) is 19.9. The van der Waals surface area contributed by atoms with Gasteiger partial charge in [-0.3, -0.25) is 0 Å². The number of rotatable bonds is 40. The first-order valence-corrected chi connectivity index (χ1v) is 34.8. The molecule has 2 aliphatic rings. The van der Waals surface area contributed by atoms with Crippen molar-refractivity contribution in [1.29, 1.82) is 0 Å². The number of amides is 6. The number of likely N-dealkylation sites (N-methyl/N-ethyl adjacent to an activating group) is 4. The van der Waals surface area contributed by atoms with Gasteiger partial charge >= 0.3 is 18.1 Å². The van der Waals surface area contributed by atoms with Crippen molar-refractivity contribution in [3.05, 3.63) is 126 Å². The maximum absolute atomic E-state index is 13.6. The maximum Gasteiger partial charge on any atom is 0.317 e. The third-order valence-electron chi connectivity index (χ3n) is 15.1. The highest BCUT2D eigenvalue weighted by Gasteiger charge is 2.31. The van der Waals surface area contributed by atoms with Gasteiger partial charge in [0.05, 0.1) is 89.1 Å². The van der Waals surface area contributed by atoms with Gasteiger partial charge in [-0.2, -0.15) is 8.61 Å². The molecule has 2 heterocycles. The first kappa shape index (κ1) is 75.3. The second-order valence-corrected chi connectivity index (χ2v) is 27.7. The van der Waals surface area contributed by atoms with Gasteiger partial charge in [0.15, 0.2) is 0 Å². The summed E-state index contributed by atoms with van der Waals surface area (Å²) in [6, 6.07) is 20.1. The van der Waals surface area contributed by atoms with Crippen molar-refractivity contribution in [2.24, 2.45) is 5.73 Å². The molecule has 0 fully saturated rings. The fraction of sp³-hybridized carbons (Fsp3) is 0.557. The molecule has 0 saturated carbocycles. The van der Waals surface area contributed by atoms with E-state index < -0.39 is 32.1 Å². The minimum Gasteiger partial charge on any atom is -0.378 e. The molecule has 4 aromatic carbocycles. The molecule has 30 heteroatoms. The Morgan fingerprint density at radius 2 is 0.879 bits per heavy atom. The van der Waals surface area contributed by atoms with Gasteiger partial charge in [-0.05, 0) is 109 Å². The molecule has 0 spiro atoms. The lowest BCUT2D eigenvalue weighted by Crippen LogP contribution is -2.44. The van der Waals surface area contributed by atoms with Crippen LogP contribution in [0.15, 0.2) is 82.6 Å². The summed E-state index contributed by atoms with van der Waals surface area (Å²) in [5.41, 5.74) is 11.1. The van der Waals surface area contributed by atoms with E-state index in [1.165, 1.54) is 22.7 Å². The Hall–Kier alpha value is -4.69. The molecule has 2 aliphatic heterocycles. The van der Waals surface area contributed by atoms with Crippen LogP contribution in [-0.2, 0) is 61.6 Å². The summed E-state index contributed by atoms with van der Waals surface area (Å²) in [5.74, 6) is -0.227. The molecular weight excluding hydrogens is 1300 g/mol. The highest BCUT2D eigenvalue weighted by atomic mass is 35.5. The Balaban J connectivity index is 0.798. The molecule has 0 bridgehead atoms. The number of ether oxygens (including phenoxy) is 6. The zero-order valence-electron chi connectivity index (χ0n) is 52.3. The van der Waals surface area contributed by atoms with E-state index in [9.17, 15) is 31.2 Å². The number of hydrogen-bond donors (Lipinski definition) is 6. The number of urea groups is 3. The zero-order valence-corrected chi connectivity index (χ0v) is 57.0. The standard InChI is InChI=1S/C61H89Cl4N11O13S2/c1-72-41-53(51-37-47(62)39-57(64)55(51)43-72)45-9-5-11-49(35-45)90(80,81)74(3)21-27-88-33-31-85-24-16-69-59(77)67-14-7-19-76(61(79)71-18-26-87-30-29-84-23-13-66)20-8-15-68-60(78)70-17-25-86-32-34-89-28-22-75(4)91(82,83)50-12-6-10-46(36-50)54-42-73(2)44-56-52(54)38-48(63)40-58(56)65/h5-6,9-12,35-40,53-54H,7-8,13-34,41-44,66H2,1-4H3,(H,71,79)(H2,67,69,77)(H2,68,70,78)/t53-,54-/m0/s1. The van der Waals surface area contributed by atoms with E-state index in [4.69, 9.17) is 80.6 Å². The Kier molecular flexibility index (Phi) is 32.5. The highest BCUT2D eigenvalue weighted by molar-refractivity contribution is 7.89. The van der Waals surface area contributed by atoms with Crippen LogP contribution < -0.4 is 32.3 Å². The smallest absolute Gasteiger partial charge is 0.317 e. The number of carbonyl (C=O) groups is 3. The summed E-state index contributed by atoms with van der Waals surface area (Å²) in [6.07, 6.45) is 0.891. The summed E-state index contributed by atoms with van der Waals surface area (Å²) in [5, 5.41) is 16.1. The van der Waals surface area contributed by atoms with Crippen molar-refractivity contribution in [2.45, 2.75) is 47.6 Å². The minimum absolute atomic E-state index is 0.113. The summed E-state index contributed by atoms with van der Waals surface area (Å²) >= 11 is 25.9. The Bertz CT molecular complexity index is 2990. The average Bonchev–Trinajstić information content (AvgIpc) is 0.976. The van der Waals surface area contributed by atoms with Gasteiger partial charge in [-0.15, -0.1) is 0 Å². The predicted octanol–water partition coefficient (Wildman–Crippen LogP) is 5.84. The topological polar surface area (TPSA) is 277 Å². The molecule has 24 nitrogen and oxygen atoms in total. The van der Waals surface area contributed by atoms with E-state index >= 15 is 0 Å². The predicted molar refractivity (Wildman–Crippen MR) is 353 cm³/mol. The van der Waals surface area contributed by atoms with Crippen LogP contribution in [0.1, 0.15) is 58.1 Å². The summed E-state index contributed by atoms with van der Waals surface area (Å²) in [7, 11) is -0.623. The molecule has 91 heavy (non-hydrogen) atoms. The Morgan fingerprint density at radius 3 is 1.29 bits per heavy atom. The van der Waals surface area contributed by atoms with Gasteiger partial charge in [0.2, 0.25) is 20.0 Å². The third kappa shape index (κ3) is 24.5. The van der Waals surface area contributed by atoms with Crippen molar-refractivity contribution < 1.29 is 59.6 Å². The second-order valence-electron chi connectivity index (χ2n) is 22.0. The van der Waals surface area contributed by atoms with Crippen LogP contribution in [0.5, 0.6) is 0 Å². The van der Waals surface area contributed by atoms with E-state index in [0.717, 1.165) is 33.4 Å². The van der Waals surface area contributed by atoms with Crippen LogP contribution in [0.2, 0.25) is 20.1 Å². The zero-order chi connectivity index (χ0) is 65.8. The van der Waals surface area contributed by atoms with Crippen LogP contribution in [0.25, 0.3) is 0 Å². The Labute approximate surface area is 556 Å². The largest absolute Gasteiger partial charge is 0.378 e. The van der Waals surface area contributed by atoms with Crippen LogP contribution in [-0.4, -0.2) is 244 Å². The quantitative estimate of drug-likeness (QED) is 0.0285. The number of carbonyl (C=O) groups excluding carboxylic acids is 3. The van der Waals surface area contributed by atoms with E-state index in [0.29, 0.717) is 98.6 Å². The number of halogens is 4. The number of benzene rings is 4. The number of nitrogens with one attached hydrogen (secondary N) is 5. The molecule has 0 aliphatic carbocycles. The fourth-order valence-corrected chi connectivity index (χ4v) is 13.8.